The topological polar surface area (TPSA) is 45.2 Å². The second-order valence-corrected chi connectivity index (χ2v) is 3.78. The lowest BCUT2D eigenvalue weighted by Crippen LogP contribution is -2.05. The van der Waals surface area contributed by atoms with Gasteiger partial charge in [0, 0.05) is 12.7 Å². The lowest BCUT2D eigenvalue weighted by Gasteiger charge is -2.12. The van der Waals surface area contributed by atoms with E-state index in [2.05, 4.69) is 17.2 Å². The Morgan fingerprint density at radius 1 is 1.47 bits per heavy atom. The molecule has 15 heavy (non-hydrogen) atoms. The number of rotatable bonds is 5. The van der Waals surface area contributed by atoms with Gasteiger partial charge in [0.25, 0.3) is 0 Å². The van der Waals surface area contributed by atoms with E-state index in [1.807, 2.05) is 19.9 Å². The first-order chi connectivity index (χ1) is 7.19. The quantitative estimate of drug-likeness (QED) is 0.782. The van der Waals surface area contributed by atoms with Gasteiger partial charge in [0.1, 0.15) is 5.82 Å². The maximum Gasteiger partial charge on any atom is 0.128 e. The predicted octanol–water partition coefficient (Wildman–Crippen LogP) is 2.66. The third-order valence-corrected chi connectivity index (χ3v) is 2.41. The van der Waals surface area contributed by atoms with Crippen LogP contribution in [0.1, 0.15) is 43.9 Å². The summed E-state index contributed by atoms with van der Waals surface area (Å²) in [5, 5.41) is 12.9. The summed E-state index contributed by atoms with van der Waals surface area (Å²) < 4.78 is 0. The van der Waals surface area contributed by atoms with Gasteiger partial charge in [-0.05, 0) is 37.0 Å². The second-order valence-electron chi connectivity index (χ2n) is 3.78. The van der Waals surface area contributed by atoms with Gasteiger partial charge in [-0.15, -0.1) is 0 Å². The van der Waals surface area contributed by atoms with E-state index in [9.17, 15) is 5.11 Å². The van der Waals surface area contributed by atoms with E-state index in [1.54, 1.807) is 6.20 Å². The highest BCUT2D eigenvalue weighted by Gasteiger charge is 2.07. The molecule has 0 aliphatic heterocycles. The fourth-order valence-electron chi connectivity index (χ4n) is 1.44. The SMILES string of the molecule is CCCNc1ncc([C@H](O)CC)cc1C. The van der Waals surface area contributed by atoms with Crippen molar-refractivity contribution in [2.24, 2.45) is 0 Å². The number of nitrogens with zero attached hydrogens (tertiary/aromatic N) is 1. The van der Waals surface area contributed by atoms with Crippen molar-refractivity contribution in [1.82, 2.24) is 4.98 Å². The fourth-order valence-corrected chi connectivity index (χ4v) is 1.44. The molecule has 84 valence electrons. The van der Waals surface area contributed by atoms with Crippen molar-refractivity contribution < 1.29 is 5.11 Å². The first-order valence-electron chi connectivity index (χ1n) is 5.57. The van der Waals surface area contributed by atoms with Gasteiger partial charge in [-0.25, -0.2) is 4.98 Å². The first-order valence-corrected chi connectivity index (χ1v) is 5.57. The summed E-state index contributed by atoms with van der Waals surface area (Å²) in [7, 11) is 0. The predicted molar refractivity (Wildman–Crippen MR) is 63.0 cm³/mol. The summed E-state index contributed by atoms with van der Waals surface area (Å²) in [5.41, 5.74) is 1.99. The van der Waals surface area contributed by atoms with Gasteiger partial charge in [0.2, 0.25) is 0 Å². The Morgan fingerprint density at radius 2 is 2.20 bits per heavy atom. The number of aliphatic hydroxyl groups is 1. The van der Waals surface area contributed by atoms with E-state index >= 15 is 0 Å². The average Bonchev–Trinajstić information content (AvgIpc) is 2.26. The van der Waals surface area contributed by atoms with E-state index in [1.165, 1.54) is 0 Å². The molecule has 1 aromatic rings. The standard InChI is InChI=1S/C12H20N2O/c1-4-6-13-12-9(3)7-10(8-14-12)11(15)5-2/h7-8,11,15H,4-6H2,1-3H3,(H,13,14)/t11-/m1/s1. The van der Waals surface area contributed by atoms with Crippen molar-refractivity contribution >= 4 is 5.82 Å². The Kier molecular flexibility index (Phi) is 4.56. The molecule has 0 aliphatic carbocycles. The Hall–Kier alpha value is -1.09. The molecule has 3 heteroatoms. The maximum absolute atomic E-state index is 9.66. The lowest BCUT2D eigenvalue weighted by molar-refractivity contribution is 0.173. The minimum atomic E-state index is -0.392. The molecule has 0 saturated heterocycles. The third kappa shape index (κ3) is 3.20. The van der Waals surface area contributed by atoms with Crippen molar-refractivity contribution in [3.63, 3.8) is 0 Å². The normalized spacial score (nSPS) is 12.5. The summed E-state index contributed by atoms with van der Waals surface area (Å²) in [5.74, 6) is 0.920. The highest BCUT2D eigenvalue weighted by Crippen LogP contribution is 2.19. The zero-order valence-electron chi connectivity index (χ0n) is 9.75. The van der Waals surface area contributed by atoms with Crippen LogP contribution in [0, 0.1) is 6.92 Å². The molecule has 0 amide bonds. The molecule has 3 nitrogen and oxygen atoms in total. The van der Waals surface area contributed by atoms with Gasteiger partial charge < -0.3 is 10.4 Å². The molecule has 0 fully saturated rings. The number of aryl methyl sites for hydroxylation is 1. The van der Waals surface area contributed by atoms with E-state index in [4.69, 9.17) is 0 Å². The maximum atomic E-state index is 9.66. The van der Waals surface area contributed by atoms with Crippen LogP contribution in [0.4, 0.5) is 5.82 Å². The number of hydrogen-bond acceptors (Lipinski definition) is 3. The van der Waals surface area contributed by atoms with Crippen LogP contribution in [-0.2, 0) is 0 Å². The minimum absolute atomic E-state index is 0.392. The van der Waals surface area contributed by atoms with Crippen molar-refractivity contribution in [2.75, 3.05) is 11.9 Å². The molecule has 0 unspecified atom stereocenters. The molecule has 0 aromatic carbocycles. The molecule has 1 heterocycles. The molecule has 0 radical (unpaired) electrons. The van der Waals surface area contributed by atoms with E-state index in [0.29, 0.717) is 0 Å². The number of aliphatic hydroxyl groups excluding tert-OH is 1. The van der Waals surface area contributed by atoms with Crippen LogP contribution in [0.15, 0.2) is 12.3 Å². The molecular formula is C12H20N2O. The second kappa shape index (κ2) is 5.71. The Balaban J connectivity index is 2.78. The molecule has 0 bridgehead atoms. The average molecular weight is 208 g/mol. The number of hydrogen-bond donors (Lipinski definition) is 2. The number of pyridine rings is 1. The minimum Gasteiger partial charge on any atom is -0.388 e. The highest BCUT2D eigenvalue weighted by molar-refractivity contribution is 5.44. The van der Waals surface area contributed by atoms with Crippen molar-refractivity contribution in [2.45, 2.75) is 39.7 Å². The molecule has 1 atom stereocenters. The van der Waals surface area contributed by atoms with Crippen LogP contribution in [0.25, 0.3) is 0 Å². The van der Waals surface area contributed by atoms with Crippen LogP contribution in [0.2, 0.25) is 0 Å². The first kappa shape index (κ1) is 12.0. The highest BCUT2D eigenvalue weighted by atomic mass is 16.3. The Labute approximate surface area is 91.5 Å². The number of aromatic nitrogens is 1. The Morgan fingerprint density at radius 3 is 2.73 bits per heavy atom. The van der Waals surface area contributed by atoms with Gasteiger partial charge >= 0.3 is 0 Å². The number of anilines is 1. The molecule has 1 rings (SSSR count). The smallest absolute Gasteiger partial charge is 0.128 e. The molecular weight excluding hydrogens is 188 g/mol. The van der Waals surface area contributed by atoms with Crippen LogP contribution in [0.3, 0.4) is 0 Å². The lowest BCUT2D eigenvalue weighted by atomic mass is 10.1. The molecule has 2 N–H and O–H groups in total. The molecule has 0 aliphatic rings. The Bertz CT molecular complexity index is 312. The van der Waals surface area contributed by atoms with E-state index < -0.39 is 6.10 Å². The van der Waals surface area contributed by atoms with Crippen LogP contribution in [0.5, 0.6) is 0 Å². The molecule has 1 aromatic heterocycles. The fraction of sp³-hybridized carbons (Fsp3) is 0.583. The summed E-state index contributed by atoms with van der Waals surface area (Å²) >= 11 is 0. The summed E-state index contributed by atoms with van der Waals surface area (Å²) in [6.07, 6.45) is 3.17. The van der Waals surface area contributed by atoms with Gasteiger partial charge in [-0.3, -0.25) is 0 Å². The largest absolute Gasteiger partial charge is 0.388 e. The monoisotopic (exact) mass is 208 g/mol. The van der Waals surface area contributed by atoms with Crippen molar-refractivity contribution in [3.8, 4) is 0 Å². The van der Waals surface area contributed by atoms with Crippen LogP contribution < -0.4 is 5.32 Å². The zero-order chi connectivity index (χ0) is 11.3. The van der Waals surface area contributed by atoms with Crippen molar-refractivity contribution in [1.29, 1.82) is 0 Å². The summed E-state index contributed by atoms with van der Waals surface area (Å²) in [6.45, 7) is 7.03. The van der Waals surface area contributed by atoms with E-state index in [0.717, 1.165) is 36.3 Å². The van der Waals surface area contributed by atoms with Crippen molar-refractivity contribution in [3.05, 3.63) is 23.4 Å². The number of nitrogens with one attached hydrogen (secondary N) is 1. The van der Waals surface area contributed by atoms with Crippen LogP contribution >= 0.6 is 0 Å². The zero-order valence-corrected chi connectivity index (χ0v) is 9.75. The molecule has 0 spiro atoms. The van der Waals surface area contributed by atoms with Gasteiger partial charge in [0.15, 0.2) is 0 Å². The molecule has 0 saturated carbocycles. The van der Waals surface area contributed by atoms with Crippen LogP contribution in [-0.4, -0.2) is 16.6 Å². The van der Waals surface area contributed by atoms with Gasteiger partial charge in [0.05, 0.1) is 6.10 Å². The van der Waals surface area contributed by atoms with Gasteiger partial charge in [-0.1, -0.05) is 13.8 Å². The summed E-state index contributed by atoms with van der Waals surface area (Å²) in [4.78, 5) is 4.31. The van der Waals surface area contributed by atoms with E-state index in [-0.39, 0.29) is 0 Å². The third-order valence-electron chi connectivity index (χ3n) is 2.41. The van der Waals surface area contributed by atoms with Gasteiger partial charge in [-0.2, -0.15) is 0 Å². The summed E-state index contributed by atoms with van der Waals surface area (Å²) in [6, 6.07) is 2.00.